The summed E-state index contributed by atoms with van der Waals surface area (Å²) in [4.78, 5) is 0. The zero-order valence-corrected chi connectivity index (χ0v) is 20.7. The first-order valence-electron chi connectivity index (χ1n) is 11.6. The van der Waals surface area contributed by atoms with Crippen molar-refractivity contribution in [2.75, 3.05) is 6.61 Å². The molecule has 0 spiro atoms. The minimum atomic E-state index is -4.74. The summed E-state index contributed by atoms with van der Waals surface area (Å²) in [6.07, 6.45) is -0.0557. The number of ether oxygens (including phenoxy) is 2. The number of halogens is 5. The first-order valence-corrected chi connectivity index (χ1v) is 11.6. The fourth-order valence-corrected chi connectivity index (χ4v) is 5.42. The van der Waals surface area contributed by atoms with Gasteiger partial charge >= 0.3 is 6.36 Å². The van der Waals surface area contributed by atoms with E-state index in [1.54, 1.807) is 6.07 Å². The molecule has 2 aliphatic heterocycles. The predicted molar refractivity (Wildman–Crippen MR) is 131 cm³/mol. The highest BCUT2D eigenvalue weighted by Gasteiger charge is 2.53. The van der Waals surface area contributed by atoms with Crippen molar-refractivity contribution < 1.29 is 27.8 Å². The first kappa shape index (κ1) is 27.9. The van der Waals surface area contributed by atoms with E-state index in [0.29, 0.717) is 17.9 Å². The Morgan fingerprint density at radius 1 is 1.03 bits per heavy atom. The molecule has 194 valence electrons. The Hall–Kier alpha value is -1.71. The molecule has 0 unspecified atom stereocenters. The van der Waals surface area contributed by atoms with E-state index in [-0.39, 0.29) is 66.8 Å². The Balaban J connectivity index is 0.00000171. The number of alkyl halides is 3. The van der Waals surface area contributed by atoms with Crippen LogP contribution in [0.4, 0.5) is 13.2 Å². The molecule has 3 N–H and O–H groups in total. The van der Waals surface area contributed by atoms with Gasteiger partial charge in [-0.05, 0) is 61.8 Å². The van der Waals surface area contributed by atoms with Crippen LogP contribution in [0.1, 0.15) is 43.2 Å². The van der Waals surface area contributed by atoms with Crippen LogP contribution in [-0.2, 0) is 12.1 Å². The maximum absolute atomic E-state index is 12.8. The lowest BCUT2D eigenvalue weighted by Crippen LogP contribution is -2.58. The standard InChI is InChI=1S/C25H29F3N2O3.2ClH/c26-25(27,28)33-20-8-10-22(32-19-6-7-19)16(12-20)14-29-23-11-9-21-17(15-31)13-24(23,30-21)18-4-2-1-3-5-18;;/h1-5,8,10,12,17,19,21,23,29-31H,6-7,9,11,13-15H2;2*1H/t17-,21-,23+,24+;;/m0../s1. The van der Waals surface area contributed by atoms with Gasteiger partial charge in [0.15, 0.2) is 0 Å². The van der Waals surface area contributed by atoms with Gasteiger partial charge in [0.25, 0.3) is 0 Å². The zero-order chi connectivity index (χ0) is 23.1. The normalized spacial score (nSPS) is 27.5. The van der Waals surface area contributed by atoms with Crippen LogP contribution in [0.25, 0.3) is 0 Å². The summed E-state index contributed by atoms with van der Waals surface area (Å²) in [6, 6.07) is 14.8. The lowest BCUT2D eigenvalue weighted by molar-refractivity contribution is -0.274. The quantitative estimate of drug-likeness (QED) is 0.440. The summed E-state index contributed by atoms with van der Waals surface area (Å²) < 4.78 is 48.5. The molecule has 3 aliphatic rings. The highest BCUT2D eigenvalue weighted by atomic mass is 35.5. The fourth-order valence-electron chi connectivity index (χ4n) is 5.42. The van der Waals surface area contributed by atoms with Crippen molar-refractivity contribution in [3.63, 3.8) is 0 Å². The van der Waals surface area contributed by atoms with Gasteiger partial charge in [-0.1, -0.05) is 30.3 Å². The molecular weight excluding hydrogens is 504 g/mol. The number of rotatable bonds is 8. The summed E-state index contributed by atoms with van der Waals surface area (Å²) in [7, 11) is 0. The largest absolute Gasteiger partial charge is 0.573 e. The summed E-state index contributed by atoms with van der Waals surface area (Å²) >= 11 is 0. The van der Waals surface area contributed by atoms with E-state index in [1.807, 2.05) is 18.2 Å². The van der Waals surface area contributed by atoms with Crippen molar-refractivity contribution in [3.8, 4) is 11.5 Å². The maximum atomic E-state index is 12.8. The van der Waals surface area contributed by atoms with E-state index in [4.69, 9.17) is 4.74 Å². The van der Waals surface area contributed by atoms with E-state index in [9.17, 15) is 18.3 Å². The molecule has 1 aliphatic carbocycles. The molecule has 3 fully saturated rings. The molecule has 1 saturated carbocycles. The molecule has 2 aromatic rings. The van der Waals surface area contributed by atoms with Gasteiger partial charge in [-0.3, -0.25) is 0 Å². The van der Waals surface area contributed by atoms with E-state index in [1.165, 1.54) is 12.1 Å². The van der Waals surface area contributed by atoms with Gasteiger partial charge in [-0.25, -0.2) is 0 Å². The van der Waals surface area contributed by atoms with Crippen LogP contribution in [0.2, 0.25) is 0 Å². The summed E-state index contributed by atoms with van der Waals surface area (Å²) in [6.45, 7) is 0.488. The van der Waals surface area contributed by atoms with Gasteiger partial charge in [0, 0.05) is 30.8 Å². The molecule has 0 radical (unpaired) electrons. The maximum Gasteiger partial charge on any atom is 0.573 e. The number of aliphatic hydroxyl groups is 1. The molecule has 2 heterocycles. The third-order valence-electron chi connectivity index (χ3n) is 7.10. The molecule has 5 rings (SSSR count). The highest BCUT2D eigenvalue weighted by Crippen LogP contribution is 2.46. The SMILES string of the molecule is Cl.Cl.OC[C@@H]1C[C@]2(c3ccccc3)N[C@H]1CC[C@H]2NCc1cc(OC(F)(F)F)ccc1OC1CC1. The molecule has 2 saturated heterocycles. The van der Waals surface area contributed by atoms with E-state index in [0.717, 1.165) is 37.7 Å². The number of aliphatic hydroxyl groups excluding tert-OH is 1. The van der Waals surface area contributed by atoms with Gasteiger partial charge in [0.1, 0.15) is 11.5 Å². The van der Waals surface area contributed by atoms with Crippen LogP contribution in [0.3, 0.4) is 0 Å². The smallest absolute Gasteiger partial charge is 0.490 e. The Bertz CT molecular complexity index is 978. The Labute approximate surface area is 215 Å². The average molecular weight is 535 g/mol. The molecule has 2 aromatic carbocycles. The van der Waals surface area contributed by atoms with E-state index >= 15 is 0 Å². The third-order valence-corrected chi connectivity index (χ3v) is 7.10. The molecule has 35 heavy (non-hydrogen) atoms. The molecule has 0 amide bonds. The molecule has 2 bridgehead atoms. The van der Waals surface area contributed by atoms with Crippen LogP contribution in [0.5, 0.6) is 11.5 Å². The minimum absolute atomic E-state index is 0. The molecule has 5 nitrogen and oxygen atoms in total. The van der Waals surface area contributed by atoms with Crippen LogP contribution >= 0.6 is 24.8 Å². The molecule has 10 heteroatoms. The van der Waals surface area contributed by atoms with E-state index < -0.39 is 6.36 Å². The van der Waals surface area contributed by atoms with Crippen molar-refractivity contribution >= 4 is 24.8 Å². The zero-order valence-electron chi connectivity index (χ0n) is 19.1. The predicted octanol–water partition coefficient (Wildman–Crippen LogP) is 5.09. The van der Waals surface area contributed by atoms with Crippen molar-refractivity contribution in [3.05, 3.63) is 59.7 Å². The first-order chi connectivity index (χ1) is 15.9. The monoisotopic (exact) mass is 534 g/mol. The third kappa shape index (κ3) is 6.17. The Kier molecular flexibility index (Phi) is 8.86. The minimum Gasteiger partial charge on any atom is -0.490 e. The van der Waals surface area contributed by atoms with E-state index in [2.05, 4.69) is 27.5 Å². The summed E-state index contributed by atoms with van der Waals surface area (Å²) in [5.74, 6) is 0.520. The molecular formula is C25H31Cl2F3N2O3. The van der Waals surface area contributed by atoms with Crippen LogP contribution in [-0.4, -0.2) is 36.3 Å². The van der Waals surface area contributed by atoms with Crippen molar-refractivity contribution in [2.45, 2.75) is 68.7 Å². The number of hydrogen-bond donors (Lipinski definition) is 3. The van der Waals surface area contributed by atoms with Crippen molar-refractivity contribution in [1.82, 2.24) is 10.6 Å². The summed E-state index contributed by atoms with van der Waals surface area (Å²) in [5.41, 5.74) is 1.47. The number of benzene rings is 2. The topological polar surface area (TPSA) is 62.8 Å². The van der Waals surface area contributed by atoms with Crippen LogP contribution in [0, 0.1) is 5.92 Å². The lowest BCUT2D eigenvalue weighted by Gasteiger charge is -2.43. The Morgan fingerprint density at radius 2 is 1.77 bits per heavy atom. The van der Waals surface area contributed by atoms with Gasteiger partial charge < -0.3 is 25.2 Å². The van der Waals surface area contributed by atoms with Gasteiger partial charge in [-0.2, -0.15) is 0 Å². The number of hydrogen-bond acceptors (Lipinski definition) is 5. The Morgan fingerprint density at radius 3 is 2.43 bits per heavy atom. The van der Waals surface area contributed by atoms with Gasteiger partial charge in [0.2, 0.25) is 0 Å². The van der Waals surface area contributed by atoms with Gasteiger partial charge in [0.05, 0.1) is 11.6 Å². The summed E-state index contributed by atoms with van der Waals surface area (Å²) in [5, 5.41) is 17.3. The number of nitrogens with one attached hydrogen (secondary N) is 2. The van der Waals surface area contributed by atoms with Gasteiger partial charge in [-0.15, -0.1) is 38.0 Å². The lowest BCUT2D eigenvalue weighted by atomic mass is 9.78. The second kappa shape index (κ2) is 11.1. The average Bonchev–Trinajstić information content (AvgIpc) is 3.56. The molecule has 0 aromatic heterocycles. The number of piperidine rings is 1. The molecule has 4 atom stereocenters. The number of fused-ring (bicyclic) bond motifs is 2. The second-order valence-corrected chi connectivity index (χ2v) is 9.38. The van der Waals surface area contributed by atoms with Crippen molar-refractivity contribution in [2.24, 2.45) is 5.92 Å². The van der Waals surface area contributed by atoms with Crippen LogP contribution < -0.4 is 20.1 Å². The highest BCUT2D eigenvalue weighted by molar-refractivity contribution is 5.85. The fraction of sp³-hybridized carbons (Fsp3) is 0.520. The second-order valence-electron chi connectivity index (χ2n) is 9.38. The van der Waals surface area contributed by atoms with Crippen molar-refractivity contribution in [1.29, 1.82) is 0 Å². The van der Waals surface area contributed by atoms with Crippen LogP contribution in [0.15, 0.2) is 48.5 Å².